The van der Waals surface area contributed by atoms with Crippen molar-refractivity contribution in [3.8, 4) is 0 Å². The molecular weight excluding hydrogens is 323 g/mol. The normalized spacial score (nSPS) is 11.5. The number of halogens is 2. The van der Waals surface area contributed by atoms with E-state index >= 15 is 0 Å². The van der Waals surface area contributed by atoms with Gasteiger partial charge < -0.3 is 9.73 Å². The summed E-state index contributed by atoms with van der Waals surface area (Å²) in [4.78, 5) is 16.5. The van der Waals surface area contributed by atoms with Crippen molar-refractivity contribution in [2.75, 3.05) is 5.32 Å². The standard InChI is InChI=1S/C16H18Cl2N2O2/c1-9-13(22-15(19-9)16(2,3)4)8-14(21)20-12-7-10(17)5-6-11(12)18/h5-7H,8H2,1-4H3,(H,20,21). The molecular formula is C16H18Cl2N2O2. The van der Waals surface area contributed by atoms with Crippen molar-refractivity contribution in [2.45, 2.75) is 39.5 Å². The van der Waals surface area contributed by atoms with E-state index in [-0.39, 0.29) is 17.7 Å². The molecule has 0 spiro atoms. The minimum atomic E-state index is -0.233. The van der Waals surface area contributed by atoms with Crippen molar-refractivity contribution >= 4 is 34.8 Å². The number of benzene rings is 1. The summed E-state index contributed by atoms with van der Waals surface area (Å²) in [6, 6.07) is 4.91. The highest BCUT2D eigenvalue weighted by Gasteiger charge is 2.23. The highest BCUT2D eigenvalue weighted by molar-refractivity contribution is 6.35. The molecule has 0 saturated carbocycles. The van der Waals surface area contributed by atoms with Crippen LogP contribution in [-0.4, -0.2) is 10.9 Å². The number of aryl methyl sites for hydroxylation is 1. The lowest BCUT2D eigenvalue weighted by atomic mass is 9.97. The maximum absolute atomic E-state index is 12.2. The molecule has 0 aliphatic carbocycles. The molecule has 0 aliphatic rings. The van der Waals surface area contributed by atoms with Crippen molar-refractivity contribution in [3.05, 3.63) is 45.6 Å². The number of nitrogens with zero attached hydrogens (tertiary/aromatic N) is 1. The topological polar surface area (TPSA) is 55.1 Å². The fourth-order valence-corrected chi connectivity index (χ4v) is 2.18. The number of carbonyl (C=O) groups is 1. The number of amides is 1. The van der Waals surface area contributed by atoms with Crippen LogP contribution in [0.3, 0.4) is 0 Å². The molecule has 1 heterocycles. The van der Waals surface area contributed by atoms with Crippen molar-refractivity contribution in [1.29, 1.82) is 0 Å². The second-order valence-corrected chi connectivity index (χ2v) is 6.97. The largest absolute Gasteiger partial charge is 0.444 e. The Balaban J connectivity index is 2.13. The first kappa shape index (κ1) is 16.8. The van der Waals surface area contributed by atoms with Crippen molar-refractivity contribution < 1.29 is 9.21 Å². The van der Waals surface area contributed by atoms with E-state index in [9.17, 15) is 4.79 Å². The quantitative estimate of drug-likeness (QED) is 0.875. The van der Waals surface area contributed by atoms with Gasteiger partial charge in [-0.05, 0) is 25.1 Å². The van der Waals surface area contributed by atoms with E-state index in [0.29, 0.717) is 27.4 Å². The molecule has 2 rings (SSSR count). The lowest BCUT2D eigenvalue weighted by Gasteiger charge is -2.12. The number of aromatic nitrogens is 1. The van der Waals surface area contributed by atoms with Crippen LogP contribution in [0.25, 0.3) is 0 Å². The second-order valence-electron chi connectivity index (χ2n) is 6.13. The molecule has 1 aromatic carbocycles. The molecule has 0 atom stereocenters. The fourth-order valence-electron chi connectivity index (χ4n) is 1.85. The Morgan fingerprint density at radius 3 is 2.59 bits per heavy atom. The van der Waals surface area contributed by atoms with Gasteiger partial charge in [-0.2, -0.15) is 0 Å². The van der Waals surface area contributed by atoms with Gasteiger partial charge in [0.1, 0.15) is 5.76 Å². The van der Waals surface area contributed by atoms with Gasteiger partial charge in [0.05, 0.1) is 22.8 Å². The molecule has 118 valence electrons. The predicted octanol–water partition coefficient (Wildman–Crippen LogP) is 4.77. The Labute approximate surface area is 139 Å². The average molecular weight is 341 g/mol. The van der Waals surface area contributed by atoms with Gasteiger partial charge in [0, 0.05) is 10.4 Å². The number of hydrogen-bond acceptors (Lipinski definition) is 3. The van der Waals surface area contributed by atoms with Crippen molar-refractivity contribution in [2.24, 2.45) is 0 Å². The molecule has 0 bridgehead atoms. The van der Waals surface area contributed by atoms with Crippen molar-refractivity contribution in [3.63, 3.8) is 0 Å². The van der Waals surface area contributed by atoms with E-state index in [2.05, 4.69) is 10.3 Å². The first-order valence-electron chi connectivity index (χ1n) is 6.88. The van der Waals surface area contributed by atoms with Crippen LogP contribution in [0.2, 0.25) is 10.0 Å². The highest BCUT2D eigenvalue weighted by atomic mass is 35.5. The molecule has 0 unspecified atom stereocenters. The van der Waals surface area contributed by atoms with E-state index in [0.717, 1.165) is 5.69 Å². The van der Waals surface area contributed by atoms with Crippen LogP contribution >= 0.6 is 23.2 Å². The monoisotopic (exact) mass is 340 g/mol. The van der Waals surface area contributed by atoms with E-state index in [1.165, 1.54) is 0 Å². The summed E-state index contributed by atoms with van der Waals surface area (Å²) in [5.74, 6) is 0.943. The van der Waals surface area contributed by atoms with Crippen LogP contribution in [0.1, 0.15) is 38.1 Å². The predicted molar refractivity (Wildman–Crippen MR) is 88.7 cm³/mol. The van der Waals surface area contributed by atoms with Gasteiger partial charge in [0.2, 0.25) is 5.91 Å². The molecule has 4 nitrogen and oxygen atoms in total. The number of oxazole rings is 1. The maximum atomic E-state index is 12.2. The molecule has 1 aromatic heterocycles. The molecule has 0 saturated heterocycles. The molecule has 0 fully saturated rings. The summed E-state index contributed by atoms with van der Waals surface area (Å²) in [7, 11) is 0. The summed E-state index contributed by atoms with van der Waals surface area (Å²) >= 11 is 11.9. The molecule has 1 amide bonds. The molecule has 6 heteroatoms. The lowest BCUT2D eigenvalue weighted by molar-refractivity contribution is -0.115. The first-order chi connectivity index (χ1) is 10.2. The summed E-state index contributed by atoms with van der Waals surface area (Å²) in [5.41, 5.74) is 1.00. The maximum Gasteiger partial charge on any atom is 0.232 e. The van der Waals surface area contributed by atoms with Gasteiger partial charge in [-0.1, -0.05) is 44.0 Å². The lowest BCUT2D eigenvalue weighted by Crippen LogP contribution is -2.15. The minimum Gasteiger partial charge on any atom is -0.444 e. The SMILES string of the molecule is Cc1nc(C(C)(C)C)oc1CC(=O)Nc1cc(Cl)ccc1Cl. The Hall–Kier alpha value is -1.52. The Bertz CT molecular complexity index is 703. The molecule has 22 heavy (non-hydrogen) atoms. The van der Waals surface area contributed by atoms with E-state index < -0.39 is 0 Å². The van der Waals surface area contributed by atoms with Crippen LogP contribution in [-0.2, 0) is 16.6 Å². The number of anilines is 1. The highest BCUT2D eigenvalue weighted by Crippen LogP contribution is 2.27. The van der Waals surface area contributed by atoms with Gasteiger partial charge in [-0.25, -0.2) is 4.98 Å². The van der Waals surface area contributed by atoms with Gasteiger partial charge in [-0.3, -0.25) is 4.79 Å². The van der Waals surface area contributed by atoms with Crippen LogP contribution in [0.4, 0.5) is 5.69 Å². The van der Waals surface area contributed by atoms with Crippen LogP contribution in [0.15, 0.2) is 22.6 Å². The Morgan fingerprint density at radius 1 is 1.32 bits per heavy atom. The molecule has 1 N–H and O–H groups in total. The third kappa shape index (κ3) is 4.02. The van der Waals surface area contributed by atoms with Gasteiger partial charge in [-0.15, -0.1) is 0 Å². The molecule has 2 aromatic rings. The van der Waals surface area contributed by atoms with Crippen LogP contribution in [0.5, 0.6) is 0 Å². The molecule has 0 radical (unpaired) electrons. The zero-order valence-electron chi connectivity index (χ0n) is 13.0. The average Bonchev–Trinajstić information content (AvgIpc) is 2.75. The van der Waals surface area contributed by atoms with E-state index in [1.54, 1.807) is 18.2 Å². The smallest absolute Gasteiger partial charge is 0.232 e. The summed E-state index contributed by atoms with van der Waals surface area (Å²) in [6.07, 6.45) is 0.0950. The van der Waals surface area contributed by atoms with Gasteiger partial charge in [0.15, 0.2) is 5.89 Å². The number of rotatable bonds is 3. The van der Waals surface area contributed by atoms with Crippen LogP contribution < -0.4 is 5.32 Å². The van der Waals surface area contributed by atoms with E-state index in [1.807, 2.05) is 27.7 Å². The zero-order chi connectivity index (χ0) is 16.5. The van der Waals surface area contributed by atoms with E-state index in [4.69, 9.17) is 27.6 Å². The van der Waals surface area contributed by atoms with Gasteiger partial charge in [0.25, 0.3) is 0 Å². The number of nitrogens with one attached hydrogen (secondary N) is 1. The Kier molecular flexibility index (Phi) is 4.83. The Morgan fingerprint density at radius 2 is 2.00 bits per heavy atom. The summed E-state index contributed by atoms with van der Waals surface area (Å²) < 4.78 is 5.71. The van der Waals surface area contributed by atoms with Crippen LogP contribution in [0, 0.1) is 6.92 Å². The number of carbonyl (C=O) groups excluding carboxylic acids is 1. The third-order valence-corrected chi connectivity index (χ3v) is 3.62. The fraction of sp³-hybridized carbons (Fsp3) is 0.375. The third-order valence-electron chi connectivity index (χ3n) is 3.06. The minimum absolute atomic E-state index is 0.0950. The second kappa shape index (κ2) is 6.31. The zero-order valence-corrected chi connectivity index (χ0v) is 14.5. The molecule has 0 aliphatic heterocycles. The van der Waals surface area contributed by atoms with Gasteiger partial charge >= 0.3 is 0 Å². The summed E-state index contributed by atoms with van der Waals surface area (Å²) in [6.45, 7) is 7.85. The first-order valence-corrected chi connectivity index (χ1v) is 7.64. The number of hydrogen-bond donors (Lipinski definition) is 1. The summed E-state index contributed by atoms with van der Waals surface area (Å²) in [5, 5.41) is 3.67. The van der Waals surface area contributed by atoms with Crippen molar-refractivity contribution in [1.82, 2.24) is 4.98 Å².